The van der Waals surface area contributed by atoms with Gasteiger partial charge in [0.05, 0.1) is 4.90 Å². The van der Waals surface area contributed by atoms with Crippen LogP contribution >= 0.6 is 0 Å². The number of hydrogen-bond donors (Lipinski definition) is 3. The molecule has 0 spiro atoms. The molecule has 0 atom stereocenters. The number of benzene rings is 1. The quantitative estimate of drug-likeness (QED) is 0.758. The molecule has 4 N–H and O–H groups in total. The summed E-state index contributed by atoms with van der Waals surface area (Å²) in [6, 6.07) is 6.29. The van der Waals surface area contributed by atoms with Gasteiger partial charge in [-0.1, -0.05) is 20.8 Å². The molecule has 2 aromatic rings. The molecule has 0 aliphatic heterocycles. The van der Waals surface area contributed by atoms with Crippen molar-refractivity contribution in [3.8, 4) is 0 Å². The van der Waals surface area contributed by atoms with Gasteiger partial charge in [-0.2, -0.15) is 5.10 Å². The standard InChI is InChI=1S/C14H20N4O2S/c1-9-7-10(5-6-11(9)15)21(19,20)18-13-8-12(16-17-13)14(2,3)4/h5-8H,15H2,1-4H3,(H2,16,17,18). The number of aryl methyl sites for hydroxylation is 1. The van der Waals surface area contributed by atoms with Crippen LogP contribution in [-0.2, 0) is 15.4 Å². The van der Waals surface area contributed by atoms with Crippen LogP contribution < -0.4 is 10.5 Å². The zero-order chi connectivity index (χ0) is 15.8. The first-order chi connectivity index (χ1) is 9.59. The van der Waals surface area contributed by atoms with E-state index in [1.54, 1.807) is 19.1 Å². The van der Waals surface area contributed by atoms with Crippen LogP contribution in [0, 0.1) is 6.92 Å². The molecule has 2 rings (SSSR count). The van der Waals surface area contributed by atoms with E-state index in [1.165, 1.54) is 12.1 Å². The highest BCUT2D eigenvalue weighted by Crippen LogP contribution is 2.24. The van der Waals surface area contributed by atoms with Crippen molar-refractivity contribution in [1.82, 2.24) is 10.2 Å². The fourth-order valence-electron chi connectivity index (χ4n) is 1.77. The summed E-state index contributed by atoms with van der Waals surface area (Å²) in [5, 5.41) is 6.84. The van der Waals surface area contributed by atoms with Gasteiger partial charge in [0.15, 0.2) is 5.82 Å². The number of aromatic nitrogens is 2. The Labute approximate surface area is 124 Å². The van der Waals surface area contributed by atoms with E-state index in [0.717, 1.165) is 11.3 Å². The monoisotopic (exact) mass is 308 g/mol. The first-order valence-electron chi connectivity index (χ1n) is 6.54. The number of nitrogens with zero attached hydrogens (tertiary/aromatic N) is 1. The minimum Gasteiger partial charge on any atom is -0.399 e. The lowest BCUT2D eigenvalue weighted by Gasteiger charge is -2.14. The lowest BCUT2D eigenvalue weighted by molar-refractivity contribution is 0.567. The van der Waals surface area contributed by atoms with Crippen molar-refractivity contribution >= 4 is 21.5 Å². The van der Waals surface area contributed by atoms with Crippen molar-refractivity contribution in [3.63, 3.8) is 0 Å². The van der Waals surface area contributed by atoms with Crippen LogP contribution in [0.15, 0.2) is 29.2 Å². The average molecular weight is 308 g/mol. The molecule has 0 saturated heterocycles. The summed E-state index contributed by atoms with van der Waals surface area (Å²) in [4.78, 5) is 0.162. The van der Waals surface area contributed by atoms with Crippen LogP contribution in [-0.4, -0.2) is 18.6 Å². The van der Waals surface area contributed by atoms with E-state index in [2.05, 4.69) is 14.9 Å². The zero-order valence-electron chi connectivity index (χ0n) is 12.6. The molecule has 0 radical (unpaired) electrons. The van der Waals surface area contributed by atoms with Gasteiger partial charge in [0, 0.05) is 22.9 Å². The lowest BCUT2D eigenvalue weighted by atomic mass is 9.92. The highest BCUT2D eigenvalue weighted by molar-refractivity contribution is 7.92. The van der Waals surface area contributed by atoms with Gasteiger partial charge in [-0.25, -0.2) is 8.42 Å². The third-order valence-electron chi connectivity index (χ3n) is 3.18. The fourth-order valence-corrected chi connectivity index (χ4v) is 2.85. The Bertz CT molecular complexity index is 758. The van der Waals surface area contributed by atoms with E-state index in [-0.39, 0.29) is 16.1 Å². The molecular formula is C14H20N4O2S. The maximum Gasteiger partial charge on any atom is 0.263 e. The van der Waals surface area contributed by atoms with Crippen molar-refractivity contribution in [3.05, 3.63) is 35.5 Å². The molecule has 0 saturated carbocycles. The second-order valence-corrected chi connectivity index (χ2v) is 7.72. The first-order valence-corrected chi connectivity index (χ1v) is 8.03. The fraction of sp³-hybridized carbons (Fsp3) is 0.357. The Kier molecular flexibility index (Phi) is 3.71. The molecule has 1 aromatic carbocycles. The van der Waals surface area contributed by atoms with E-state index in [0.29, 0.717) is 5.69 Å². The number of aromatic amines is 1. The van der Waals surface area contributed by atoms with Gasteiger partial charge in [0.2, 0.25) is 0 Å². The number of nitrogens with one attached hydrogen (secondary N) is 2. The summed E-state index contributed by atoms with van der Waals surface area (Å²) >= 11 is 0. The predicted octanol–water partition coefficient (Wildman–Crippen LogP) is 2.40. The molecular weight excluding hydrogens is 288 g/mol. The third-order valence-corrected chi connectivity index (χ3v) is 4.53. The Morgan fingerprint density at radius 3 is 2.43 bits per heavy atom. The molecule has 0 aliphatic rings. The van der Waals surface area contributed by atoms with Crippen molar-refractivity contribution in [2.75, 3.05) is 10.5 Å². The lowest BCUT2D eigenvalue weighted by Crippen LogP contribution is -2.14. The van der Waals surface area contributed by atoms with Crippen LogP contribution in [0.5, 0.6) is 0 Å². The van der Waals surface area contributed by atoms with Gasteiger partial charge in [-0.05, 0) is 30.7 Å². The smallest absolute Gasteiger partial charge is 0.263 e. The van der Waals surface area contributed by atoms with Gasteiger partial charge in [-0.3, -0.25) is 9.82 Å². The molecule has 1 aromatic heterocycles. The highest BCUT2D eigenvalue weighted by Gasteiger charge is 2.20. The van der Waals surface area contributed by atoms with E-state index in [9.17, 15) is 8.42 Å². The Morgan fingerprint density at radius 2 is 1.90 bits per heavy atom. The van der Waals surface area contributed by atoms with Crippen molar-refractivity contribution < 1.29 is 8.42 Å². The number of nitrogen functional groups attached to an aromatic ring is 1. The summed E-state index contributed by atoms with van der Waals surface area (Å²) in [5.74, 6) is 0.273. The van der Waals surface area contributed by atoms with Gasteiger partial charge in [-0.15, -0.1) is 0 Å². The molecule has 1 heterocycles. The summed E-state index contributed by atoms with van der Waals surface area (Å²) in [7, 11) is -3.67. The molecule has 0 aliphatic carbocycles. The number of hydrogen-bond acceptors (Lipinski definition) is 4. The molecule has 7 heteroatoms. The van der Waals surface area contributed by atoms with Gasteiger partial charge < -0.3 is 5.73 Å². The first kappa shape index (κ1) is 15.4. The molecule has 0 amide bonds. The summed E-state index contributed by atoms with van der Waals surface area (Å²) < 4.78 is 27.1. The summed E-state index contributed by atoms with van der Waals surface area (Å²) in [6.07, 6.45) is 0. The van der Waals surface area contributed by atoms with Crippen LogP contribution in [0.3, 0.4) is 0 Å². The van der Waals surface area contributed by atoms with Crippen molar-refractivity contribution in [2.45, 2.75) is 38.0 Å². The second-order valence-electron chi connectivity index (χ2n) is 6.04. The van der Waals surface area contributed by atoms with Crippen LogP contribution in [0.4, 0.5) is 11.5 Å². The number of anilines is 2. The molecule has 6 nitrogen and oxygen atoms in total. The Hall–Kier alpha value is -2.02. The number of rotatable bonds is 3. The third kappa shape index (κ3) is 3.36. The van der Waals surface area contributed by atoms with Crippen LogP contribution in [0.2, 0.25) is 0 Å². The highest BCUT2D eigenvalue weighted by atomic mass is 32.2. The maximum absolute atomic E-state index is 12.3. The SMILES string of the molecule is Cc1cc(S(=O)(=O)Nc2cc(C(C)(C)C)[nH]n2)ccc1N. The topological polar surface area (TPSA) is 101 Å². The molecule has 114 valence electrons. The van der Waals surface area contributed by atoms with E-state index in [4.69, 9.17) is 5.73 Å². The van der Waals surface area contributed by atoms with Crippen LogP contribution in [0.25, 0.3) is 0 Å². The van der Waals surface area contributed by atoms with E-state index in [1.807, 2.05) is 20.8 Å². The van der Waals surface area contributed by atoms with Crippen LogP contribution in [0.1, 0.15) is 32.0 Å². The van der Waals surface area contributed by atoms with Gasteiger partial charge in [0.1, 0.15) is 0 Å². The largest absolute Gasteiger partial charge is 0.399 e. The minimum atomic E-state index is -3.67. The second kappa shape index (κ2) is 5.07. The maximum atomic E-state index is 12.3. The Morgan fingerprint density at radius 1 is 1.24 bits per heavy atom. The normalized spacial score (nSPS) is 12.4. The molecule has 0 unspecified atom stereocenters. The zero-order valence-corrected chi connectivity index (χ0v) is 13.4. The minimum absolute atomic E-state index is 0.130. The molecule has 0 fully saturated rings. The van der Waals surface area contributed by atoms with E-state index < -0.39 is 10.0 Å². The summed E-state index contributed by atoms with van der Waals surface area (Å²) in [6.45, 7) is 7.81. The van der Waals surface area contributed by atoms with Gasteiger partial charge in [0.25, 0.3) is 10.0 Å². The number of sulfonamides is 1. The van der Waals surface area contributed by atoms with Crippen molar-refractivity contribution in [1.29, 1.82) is 0 Å². The van der Waals surface area contributed by atoms with E-state index >= 15 is 0 Å². The Balaban J connectivity index is 2.29. The van der Waals surface area contributed by atoms with Gasteiger partial charge >= 0.3 is 0 Å². The molecule has 21 heavy (non-hydrogen) atoms. The average Bonchev–Trinajstić information content (AvgIpc) is 2.80. The van der Waals surface area contributed by atoms with Crippen molar-refractivity contribution in [2.24, 2.45) is 0 Å². The predicted molar refractivity (Wildman–Crippen MR) is 83.7 cm³/mol. The molecule has 0 bridgehead atoms. The number of nitrogens with two attached hydrogens (primary N) is 1. The number of H-pyrrole nitrogens is 1. The summed E-state index contributed by atoms with van der Waals surface area (Å²) in [5.41, 5.74) is 7.70.